The Labute approximate surface area is 206 Å². The van der Waals surface area contributed by atoms with Crippen LogP contribution in [-0.4, -0.2) is 37.9 Å². The molecule has 1 aromatic rings. The predicted molar refractivity (Wildman–Crippen MR) is 130 cm³/mol. The Morgan fingerprint density at radius 3 is 2.24 bits per heavy atom. The fourth-order valence-electron chi connectivity index (χ4n) is 7.12. The minimum atomic E-state index is -3.94. The van der Waals surface area contributed by atoms with Crippen molar-refractivity contribution in [3.8, 4) is 0 Å². The van der Waals surface area contributed by atoms with Gasteiger partial charge in [0.05, 0.1) is 10.4 Å². The van der Waals surface area contributed by atoms with Crippen LogP contribution in [0.5, 0.6) is 0 Å². The van der Waals surface area contributed by atoms with Crippen LogP contribution in [0.1, 0.15) is 65.2 Å². The molecule has 7 nitrogen and oxygen atoms in total. The molecular formula is C25H34ClN3O4S. The van der Waals surface area contributed by atoms with Gasteiger partial charge in [-0.25, -0.2) is 8.42 Å². The highest BCUT2D eigenvalue weighted by Gasteiger charge is 2.59. The number of amides is 2. The van der Waals surface area contributed by atoms with E-state index in [9.17, 15) is 18.0 Å². The topological polar surface area (TPSA) is 104 Å². The third-order valence-corrected chi connectivity index (χ3v) is 10.6. The second-order valence-electron chi connectivity index (χ2n) is 11.3. The summed E-state index contributed by atoms with van der Waals surface area (Å²) in [6.45, 7) is 3.98. The summed E-state index contributed by atoms with van der Waals surface area (Å²) < 4.78 is 28.9. The van der Waals surface area contributed by atoms with Gasteiger partial charge in [0.15, 0.2) is 0 Å². The number of sulfonamides is 1. The van der Waals surface area contributed by atoms with Crippen LogP contribution < -0.4 is 15.4 Å². The number of carbonyl (C=O) groups excluding carboxylic acids is 2. The maximum absolute atomic E-state index is 13.5. The average Bonchev–Trinajstić information content (AvgIpc) is 2.72. The molecule has 2 amide bonds. The van der Waals surface area contributed by atoms with Crippen LogP contribution >= 0.6 is 11.6 Å². The SMILES string of the molecule is CC(C)NC(=O)C12CC3CC(C1)C(NC(=O)C1(NS(=O)(=O)c4ccccc4Cl)CCC1)C(C3)C2. The molecule has 5 saturated carbocycles. The Balaban J connectivity index is 1.32. The quantitative estimate of drug-likeness (QED) is 0.526. The minimum absolute atomic E-state index is 0.00804. The van der Waals surface area contributed by atoms with Crippen LogP contribution in [0.2, 0.25) is 5.02 Å². The number of halogens is 1. The lowest BCUT2D eigenvalue weighted by molar-refractivity contribution is -0.152. The van der Waals surface area contributed by atoms with E-state index in [0.29, 0.717) is 18.8 Å². The summed E-state index contributed by atoms with van der Waals surface area (Å²) >= 11 is 6.13. The van der Waals surface area contributed by atoms with Crippen molar-refractivity contribution in [3.05, 3.63) is 29.3 Å². The van der Waals surface area contributed by atoms with Gasteiger partial charge in [0, 0.05) is 12.1 Å². The van der Waals surface area contributed by atoms with Crippen LogP contribution in [0.25, 0.3) is 0 Å². The molecule has 186 valence electrons. The van der Waals surface area contributed by atoms with Crippen molar-refractivity contribution in [3.63, 3.8) is 0 Å². The Morgan fingerprint density at radius 1 is 1.03 bits per heavy atom. The highest BCUT2D eigenvalue weighted by Crippen LogP contribution is 2.60. The number of carbonyl (C=O) groups is 2. The van der Waals surface area contributed by atoms with Crippen molar-refractivity contribution in [1.82, 2.24) is 15.4 Å². The lowest BCUT2D eigenvalue weighted by Gasteiger charge is -2.59. The van der Waals surface area contributed by atoms with E-state index in [2.05, 4.69) is 15.4 Å². The molecule has 9 heteroatoms. The second-order valence-corrected chi connectivity index (χ2v) is 13.4. The first kappa shape index (κ1) is 24.1. The van der Waals surface area contributed by atoms with Crippen LogP contribution in [0, 0.1) is 23.2 Å². The molecule has 1 aromatic carbocycles. The molecule has 0 aliphatic heterocycles. The van der Waals surface area contributed by atoms with Crippen molar-refractivity contribution in [1.29, 1.82) is 0 Å². The van der Waals surface area contributed by atoms with Gasteiger partial charge >= 0.3 is 0 Å². The lowest BCUT2D eigenvalue weighted by Crippen LogP contribution is -2.68. The van der Waals surface area contributed by atoms with Crippen LogP contribution in [0.4, 0.5) is 0 Å². The van der Waals surface area contributed by atoms with E-state index in [1.165, 1.54) is 12.1 Å². The normalized spacial score (nSPS) is 33.4. The van der Waals surface area contributed by atoms with Crippen molar-refractivity contribution in [2.24, 2.45) is 23.2 Å². The third-order valence-electron chi connectivity index (χ3n) is 8.57. The summed E-state index contributed by atoms with van der Waals surface area (Å²) in [5.41, 5.74) is -1.46. The number of hydrogen-bond acceptors (Lipinski definition) is 4. The molecule has 0 heterocycles. The zero-order valence-corrected chi connectivity index (χ0v) is 21.3. The van der Waals surface area contributed by atoms with Crippen LogP contribution in [-0.2, 0) is 19.6 Å². The second kappa shape index (κ2) is 8.49. The molecule has 34 heavy (non-hydrogen) atoms. The highest BCUT2D eigenvalue weighted by molar-refractivity contribution is 7.89. The Bertz CT molecular complexity index is 1090. The Kier molecular flexibility index (Phi) is 6.01. The average molecular weight is 508 g/mol. The summed E-state index contributed by atoms with van der Waals surface area (Å²) in [6, 6.07) is 6.38. The number of rotatable bonds is 7. The van der Waals surface area contributed by atoms with Gasteiger partial charge in [0.25, 0.3) is 0 Å². The molecule has 2 unspecified atom stereocenters. The Morgan fingerprint density at radius 2 is 1.68 bits per heavy atom. The van der Waals surface area contributed by atoms with Gasteiger partial charge in [-0.2, -0.15) is 4.72 Å². The zero-order chi connectivity index (χ0) is 24.3. The molecule has 2 atom stereocenters. The summed E-state index contributed by atoms with van der Waals surface area (Å²) in [4.78, 5) is 26.6. The predicted octanol–water partition coefficient (Wildman–Crippen LogP) is 3.38. The molecule has 5 aliphatic carbocycles. The van der Waals surface area contributed by atoms with E-state index in [-0.39, 0.29) is 51.1 Å². The van der Waals surface area contributed by atoms with Gasteiger partial charge in [-0.15, -0.1) is 0 Å². The minimum Gasteiger partial charge on any atom is -0.353 e. The highest BCUT2D eigenvalue weighted by atomic mass is 35.5. The first-order valence-electron chi connectivity index (χ1n) is 12.4. The van der Waals surface area contributed by atoms with Crippen molar-refractivity contribution in [2.75, 3.05) is 0 Å². The van der Waals surface area contributed by atoms with Crippen molar-refractivity contribution in [2.45, 2.75) is 87.7 Å². The molecule has 3 N–H and O–H groups in total. The maximum atomic E-state index is 13.5. The third kappa shape index (κ3) is 4.05. The summed E-state index contributed by atoms with van der Waals surface area (Å²) in [6.07, 6.45) is 6.30. The molecular weight excluding hydrogens is 474 g/mol. The monoisotopic (exact) mass is 507 g/mol. The van der Waals surface area contributed by atoms with Crippen LogP contribution in [0.3, 0.4) is 0 Å². The van der Waals surface area contributed by atoms with Gasteiger partial charge in [-0.3, -0.25) is 9.59 Å². The molecule has 6 rings (SSSR count). The van der Waals surface area contributed by atoms with Crippen LogP contribution in [0.15, 0.2) is 29.2 Å². The largest absolute Gasteiger partial charge is 0.353 e. The summed E-state index contributed by atoms with van der Waals surface area (Å²) in [5, 5.41) is 6.52. The van der Waals surface area contributed by atoms with E-state index in [4.69, 9.17) is 11.6 Å². The van der Waals surface area contributed by atoms with Gasteiger partial charge in [-0.05, 0) is 95.1 Å². The summed E-state index contributed by atoms with van der Waals surface area (Å²) in [7, 11) is -3.94. The molecule has 0 radical (unpaired) electrons. The van der Waals surface area contributed by atoms with Crippen molar-refractivity contribution >= 4 is 33.4 Å². The van der Waals surface area contributed by atoms with Gasteiger partial charge in [0.2, 0.25) is 21.8 Å². The standard InChI is InChI=1S/C25H34ClN3O4S/c1-15(2)27-22(30)24-12-16-10-17(13-24)21(18(11-16)14-24)28-23(31)25(8-5-9-25)29-34(32,33)20-7-4-3-6-19(20)26/h3-4,6-7,15-18,21,29H,5,8-14H2,1-2H3,(H,27,30)(H,28,31). The van der Waals surface area contributed by atoms with E-state index >= 15 is 0 Å². The number of benzene rings is 1. The smallest absolute Gasteiger partial charge is 0.243 e. The first-order chi connectivity index (χ1) is 16.0. The van der Waals surface area contributed by atoms with E-state index in [1.54, 1.807) is 12.1 Å². The zero-order valence-electron chi connectivity index (χ0n) is 19.8. The van der Waals surface area contributed by atoms with Gasteiger partial charge in [0.1, 0.15) is 10.4 Å². The molecule has 5 aliphatic rings. The molecule has 0 aromatic heterocycles. The molecule has 4 bridgehead atoms. The van der Waals surface area contributed by atoms with Crippen molar-refractivity contribution < 1.29 is 18.0 Å². The van der Waals surface area contributed by atoms with Gasteiger partial charge in [-0.1, -0.05) is 23.7 Å². The summed E-state index contributed by atoms with van der Waals surface area (Å²) in [5.74, 6) is 0.956. The fraction of sp³-hybridized carbons (Fsp3) is 0.680. The van der Waals surface area contributed by atoms with E-state index in [1.807, 2.05) is 13.8 Å². The maximum Gasteiger partial charge on any atom is 0.243 e. The molecule has 0 spiro atoms. The first-order valence-corrected chi connectivity index (χ1v) is 14.3. The van der Waals surface area contributed by atoms with E-state index < -0.39 is 15.6 Å². The lowest BCUT2D eigenvalue weighted by atomic mass is 9.47. The fourth-order valence-corrected chi connectivity index (χ4v) is 9.07. The molecule has 5 fully saturated rings. The Hall–Kier alpha value is -1.64. The van der Waals surface area contributed by atoms with E-state index in [0.717, 1.165) is 38.5 Å². The number of nitrogens with one attached hydrogen (secondary N) is 3. The molecule has 0 saturated heterocycles. The number of hydrogen-bond donors (Lipinski definition) is 3. The van der Waals surface area contributed by atoms with Gasteiger partial charge < -0.3 is 10.6 Å².